The van der Waals surface area contributed by atoms with Crippen molar-refractivity contribution in [1.82, 2.24) is 0 Å². The third-order valence-electron chi connectivity index (χ3n) is 3.23. The minimum atomic E-state index is -0.740. The summed E-state index contributed by atoms with van der Waals surface area (Å²) in [5, 5.41) is 11.7. The molecular formula is C14H16FNOS. The van der Waals surface area contributed by atoms with Crippen molar-refractivity contribution in [2.45, 2.75) is 11.8 Å². The summed E-state index contributed by atoms with van der Waals surface area (Å²) in [7, 11) is 0. The molecule has 0 fully saturated rings. The molecule has 0 aliphatic carbocycles. The van der Waals surface area contributed by atoms with Gasteiger partial charge in [-0.05, 0) is 29.5 Å². The maximum atomic E-state index is 13.9. The van der Waals surface area contributed by atoms with Gasteiger partial charge in [-0.1, -0.05) is 24.3 Å². The molecule has 96 valence electrons. The van der Waals surface area contributed by atoms with E-state index in [1.807, 2.05) is 17.5 Å². The topological polar surface area (TPSA) is 46.2 Å². The van der Waals surface area contributed by atoms with E-state index in [2.05, 4.69) is 0 Å². The molecule has 0 saturated heterocycles. The van der Waals surface area contributed by atoms with Crippen LogP contribution in [0.5, 0.6) is 0 Å². The number of aliphatic hydroxyl groups excluding tert-OH is 1. The lowest BCUT2D eigenvalue weighted by molar-refractivity contribution is 0.193. The van der Waals surface area contributed by atoms with E-state index >= 15 is 0 Å². The van der Waals surface area contributed by atoms with E-state index in [1.165, 1.54) is 6.07 Å². The van der Waals surface area contributed by atoms with Crippen LogP contribution in [0.15, 0.2) is 41.8 Å². The van der Waals surface area contributed by atoms with E-state index in [9.17, 15) is 9.50 Å². The number of aliphatic hydroxyl groups is 1. The molecule has 1 atom stereocenters. The average Bonchev–Trinajstić information content (AvgIpc) is 2.90. The van der Waals surface area contributed by atoms with Gasteiger partial charge in [0.15, 0.2) is 0 Å². The summed E-state index contributed by atoms with van der Waals surface area (Å²) in [6.07, 6.45) is 0.554. The van der Waals surface area contributed by atoms with E-state index in [4.69, 9.17) is 5.73 Å². The fourth-order valence-electron chi connectivity index (χ4n) is 2.12. The molecule has 2 rings (SSSR count). The lowest BCUT2D eigenvalue weighted by atomic mass is 9.77. The quantitative estimate of drug-likeness (QED) is 0.871. The van der Waals surface area contributed by atoms with Crippen molar-refractivity contribution in [3.63, 3.8) is 0 Å². The Morgan fingerprint density at radius 2 is 2.00 bits per heavy atom. The number of thiophene rings is 1. The molecule has 0 spiro atoms. The van der Waals surface area contributed by atoms with Gasteiger partial charge in [0.25, 0.3) is 0 Å². The molecular weight excluding hydrogens is 249 g/mol. The lowest BCUT2D eigenvalue weighted by Gasteiger charge is -2.31. The van der Waals surface area contributed by atoms with Crippen molar-refractivity contribution in [2.75, 3.05) is 13.2 Å². The number of hydrogen-bond acceptors (Lipinski definition) is 3. The van der Waals surface area contributed by atoms with Gasteiger partial charge in [-0.25, -0.2) is 4.39 Å². The summed E-state index contributed by atoms with van der Waals surface area (Å²) in [4.78, 5) is 1.10. The number of nitrogens with two attached hydrogens (primary N) is 1. The number of halogens is 1. The van der Waals surface area contributed by atoms with Gasteiger partial charge in [-0.3, -0.25) is 0 Å². The molecule has 1 aromatic heterocycles. The van der Waals surface area contributed by atoms with Crippen LogP contribution >= 0.6 is 11.3 Å². The molecule has 4 heteroatoms. The Morgan fingerprint density at radius 3 is 2.56 bits per heavy atom. The van der Waals surface area contributed by atoms with Crippen LogP contribution in [0.4, 0.5) is 4.39 Å². The van der Waals surface area contributed by atoms with Gasteiger partial charge in [0, 0.05) is 16.8 Å². The van der Waals surface area contributed by atoms with Crippen molar-refractivity contribution in [1.29, 1.82) is 0 Å². The van der Waals surface area contributed by atoms with Crippen LogP contribution in [0, 0.1) is 5.82 Å². The second-order valence-corrected chi connectivity index (χ2v) is 5.41. The molecule has 0 aliphatic rings. The molecule has 18 heavy (non-hydrogen) atoms. The summed E-state index contributed by atoms with van der Waals surface area (Å²) >= 11 is 1.59. The minimum Gasteiger partial charge on any atom is -0.395 e. The highest BCUT2D eigenvalue weighted by molar-refractivity contribution is 7.09. The third-order valence-corrected chi connectivity index (χ3v) is 4.11. The summed E-state index contributed by atoms with van der Waals surface area (Å²) in [6.45, 7) is 0.0463. The zero-order chi connectivity index (χ0) is 13.0. The lowest BCUT2D eigenvalue weighted by Crippen LogP contribution is -2.41. The average molecular weight is 265 g/mol. The Bertz CT molecular complexity index is 494. The van der Waals surface area contributed by atoms with E-state index in [0.29, 0.717) is 12.0 Å². The Balaban J connectivity index is 2.40. The molecule has 0 aliphatic heterocycles. The van der Waals surface area contributed by atoms with Crippen LogP contribution in [0.25, 0.3) is 0 Å². The molecule has 1 heterocycles. The zero-order valence-electron chi connectivity index (χ0n) is 9.97. The van der Waals surface area contributed by atoms with E-state index in [1.54, 1.807) is 29.5 Å². The van der Waals surface area contributed by atoms with Crippen molar-refractivity contribution in [3.8, 4) is 0 Å². The van der Waals surface area contributed by atoms with E-state index in [-0.39, 0.29) is 19.0 Å². The normalized spacial score (nSPS) is 14.4. The zero-order valence-corrected chi connectivity index (χ0v) is 10.8. The maximum Gasteiger partial charge on any atom is 0.127 e. The molecule has 3 N–H and O–H groups in total. The predicted molar refractivity (Wildman–Crippen MR) is 72.2 cm³/mol. The maximum absolute atomic E-state index is 13.9. The van der Waals surface area contributed by atoms with Gasteiger partial charge in [0.2, 0.25) is 0 Å². The molecule has 1 aromatic carbocycles. The highest BCUT2D eigenvalue weighted by Crippen LogP contribution is 2.30. The standard InChI is InChI=1S/C14H16FNOS/c15-13-6-2-1-5-12(13)14(9-16,10-17)8-11-4-3-7-18-11/h1-7,17H,8-10,16H2. The van der Waals surface area contributed by atoms with Crippen molar-refractivity contribution < 1.29 is 9.50 Å². The highest BCUT2D eigenvalue weighted by Gasteiger charge is 2.33. The van der Waals surface area contributed by atoms with Crippen LogP contribution in [0.2, 0.25) is 0 Å². The van der Waals surface area contributed by atoms with Crippen molar-refractivity contribution in [2.24, 2.45) is 5.73 Å². The summed E-state index contributed by atoms with van der Waals surface area (Å²) in [5.74, 6) is -0.312. The van der Waals surface area contributed by atoms with Crippen LogP contribution < -0.4 is 5.73 Å². The van der Waals surface area contributed by atoms with Crippen LogP contribution in [0.3, 0.4) is 0 Å². The van der Waals surface area contributed by atoms with Crippen LogP contribution in [-0.2, 0) is 11.8 Å². The van der Waals surface area contributed by atoms with Crippen molar-refractivity contribution in [3.05, 3.63) is 58.0 Å². The largest absolute Gasteiger partial charge is 0.395 e. The van der Waals surface area contributed by atoms with Gasteiger partial charge in [-0.15, -0.1) is 11.3 Å². The number of rotatable bonds is 5. The summed E-state index contributed by atoms with van der Waals surface area (Å²) in [6, 6.07) is 10.4. The summed E-state index contributed by atoms with van der Waals surface area (Å²) < 4.78 is 13.9. The van der Waals surface area contributed by atoms with Gasteiger partial charge in [0.05, 0.1) is 6.61 Å². The first-order valence-electron chi connectivity index (χ1n) is 5.80. The van der Waals surface area contributed by atoms with Crippen LogP contribution in [0.1, 0.15) is 10.4 Å². The van der Waals surface area contributed by atoms with Gasteiger partial charge >= 0.3 is 0 Å². The molecule has 0 bridgehead atoms. The van der Waals surface area contributed by atoms with Crippen molar-refractivity contribution >= 4 is 11.3 Å². The Kier molecular flexibility index (Phi) is 4.11. The minimum absolute atomic E-state index is 0.164. The fourth-order valence-corrected chi connectivity index (χ4v) is 2.97. The van der Waals surface area contributed by atoms with Gasteiger partial charge < -0.3 is 10.8 Å². The molecule has 2 aromatic rings. The van der Waals surface area contributed by atoms with Crippen LogP contribution in [-0.4, -0.2) is 18.3 Å². The smallest absolute Gasteiger partial charge is 0.127 e. The third kappa shape index (κ3) is 2.46. The predicted octanol–water partition coefficient (Wildman–Crippen LogP) is 2.32. The highest BCUT2D eigenvalue weighted by atomic mass is 32.1. The van der Waals surface area contributed by atoms with Gasteiger partial charge in [0.1, 0.15) is 5.82 Å². The Morgan fingerprint density at radius 1 is 1.22 bits per heavy atom. The Hall–Kier alpha value is -1.23. The molecule has 2 nitrogen and oxygen atoms in total. The number of benzene rings is 1. The second kappa shape index (κ2) is 5.61. The Labute approximate surface area is 110 Å². The SMILES string of the molecule is NCC(CO)(Cc1cccs1)c1ccccc1F. The molecule has 0 amide bonds. The second-order valence-electron chi connectivity index (χ2n) is 4.38. The fraction of sp³-hybridized carbons (Fsp3) is 0.286. The first-order chi connectivity index (χ1) is 8.72. The molecule has 0 saturated carbocycles. The first kappa shape index (κ1) is 13.2. The van der Waals surface area contributed by atoms with Gasteiger partial charge in [-0.2, -0.15) is 0 Å². The first-order valence-corrected chi connectivity index (χ1v) is 6.68. The van der Waals surface area contributed by atoms with E-state index < -0.39 is 5.41 Å². The monoisotopic (exact) mass is 265 g/mol. The van der Waals surface area contributed by atoms with E-state index in [0.717, 1.165) is 4.88 Å². The molecule has 1 unspecified atom stereocenters. The number of hydrogen-bond donors (Lipinski definition) is 2. The molecule has 0 radical (unpaired) electrons. The summed E-state index contributed by atoms with van der Waals surface area (Å²) in [5.41, 5.74) is 5.56.